The largest absolute Gasteiger partial charge is 0.288 e. The summed E-state index contributed by atoms with van der Waals surface area (Å²) in [7, 11) is -7.48. The SMILES string of the molecule is Cc1ccc(NS(=O)(=O)c2ccc(S(C)(=O)=O)cc2)c(C(=O)c2cccnc2)c1. The van der Waals surface area contributed by atoms with Crippen molar-refractivity contribution in [3.05, 3.63) is 83.7 Å². The molecule has 0 saturated carbocycles. The van der Waals surface area contributed by atoms with Gasteiger partial charge in [0.05, 0.1) is 15.5 Å². The van der Waals surface area contributed by atoms with Crippen LogP contribution in [-0.4, -0.2) is 33.9 Å². The van der Waals surface area contributed by atoms with Gasteiger partial charge in [-0.25, -0.2) is 16.8 Å². The van der Waals surface area contributed by atoms with Gasteiger partial charge in [-0.2, -0.15) is 0 Å². The Morgan fingerprint density at radius 1 is 0.931 bits per heavy atom. The molecule has 0 amide bonds. The highest BCUT2D eigenvalue weighted by atomic mass is 32.2. The molecule has 0 unspecified atom stereocenters. The number of anilines is 1. The van der Waals surface area contributed by atoms with E-state index in [1.165, 1.54) is 42.7 Å². The summed E-state index contributed by atoms with van der Waals surface area (Å²) >= 11 is 0. The van der Waals surface area contributed by atoms with Crippen LogP contribution in [0.15, 0.2) is 76.8 Å². The molecule has 0 spiro atoms. The highest BCUT2D eigenvalue weighted by Crippen LogP contribution is 2.24. The Bertz CT molecular complexity index is 1270. The second kappa shape index (κ2) is 7.76. The number of hydrogen-bond donors (Lipinski definition) is 1. The van der Waals surface area contributed by atoms with Crippen LogP contribution in [0.5, 0.6) is 0 Å². The third kappa shape index (κ3) is 4.69. The van der Waals surface area contributed by atoms with Gasteiger partial charge in [0.15, 0.2) is 15.6 Å². The lowest BCUT2D eigenvalue weighted by Crippen LogP contribution is -2.16. The second-order valence-corrected chi connectivity index (χ2v) is 10.2. The molecule has 0 aliphatic carbocycles. The summed E-state index contributed by atoms with van der Waals surface area (Å²) in [5.41, 5.74) is 1.43. The zero-order chi connectivity index (χ0) is 21.2. The van der Waals surface area contributed by atoms with E-state index in [4.69, 9.17) is 0 Å². The van der Waals surface area contributed by atoms with Gasteiger partial charge in [-0.05, 0) is 55.5 Å². The number of rotatable bonds is 6. The van der Waals surface area contributed by atoms with Crippen molar-refractivity contribution in [2.24, 2.45) is 0 Å². The van der Waals surface area contributed by atoms with Gasteiger partial charge in [-0.15, -0.1) is 0 Å². The summed E-state index contributed by atoms with van der Waals surface area (Å²) in [5, 5.41) is 0. The number of ketones is 1. The van der Waals surface area contributed by atoms with Crippen LogP contribution in [0.3, 0.4) is 0 Å². The Balaban J connectivity index is 1.98. The lowest BCUT2D eigenvalue weighted by molar-refractivity contribution is 0.103. The molecule has 1 aromatic heterocycles. The summed E-state index contributed by atoms with van der Waals surface area (Å²) in [6.07, 6.45) is 3.99. The molecular weight excluding hydrogens is 412 g/mol. The predicted octanol–water partition coefficient (Wildman–Crippen LogP) is 2.83. The maximum Gasteiger partial charge on any atom is 0.261 e. The van der Waals surface area contributed by atoms with Gasteiger partial charge < -0.3 is 0 Å². The van der Waals surface area contributed by atoms with E-state index in [1.807, 2.05) is 0 Å². The molecule has 1 heterocycles. The predicted molar refractivity (Wildman–Crippen MR) is 109 cm³/mol. The number of nitrogens with zero attached hydrogens (tertiary/aromatic N) is 1. The number of aryl methyl sites for hydroxylation is 1. The van der Waals surface area contributed by atoms with Gasteiger partial charge in [0.1, 0.15) is 0 Å². The standard InChI is InChI=1S/C20H18N2O5S2/c1-14-5-10-19(18(12-14)20(23)15-4-3-11-21-13-15)22-29(26,27)17-8-6-16(7-9-17)28(2,24)25/h3-13,22H,1-2H3. The molecule has 3 rings (SSSR count). The van der Waals surface area contributed by atoms with Crippen molar-refractivity contribution in [3.63, 3.8) is 0 Å². The number of carbonyl (C=O) groups excluding carboxylic acids is 1. The fourth-order valence-corrected chi connectivity index (χ4v) is 4.37. The first-order valence-corrected chi connectivity index (χ1v) is 11.8. The zero-order valence-corrected chi connectivity index (χ0v) is 17.3. The molecule has 7 nitrogen and oxygen atoms in total. The van der Waals surface area contributed by atoms with E-state index in [2.05, 4.69) is 9.71 Å². The second-order valence-electron chi connectivity index (χ2n) is 6.47. The zero-order valence-electron chi connectivity index (χ0n) is 15.7. The normalized spacial score (nSPS) is 11.8. The highest BCUT2D eigenvalue weighted by molar-refractivity contribution is 7.92. The molecular formula is C20H18N2O5S2. The van der Waals surface area contributed by atoms with E-state index in [0.717, 1.165) is 11.8 Å². The topological polar surface area (TPSA) is 110 Å². The lowest BCUT2D eigenvalue weighted by atomic mass is 10.0. The van der Waals surface area contributed by atoms with Crippen molar-refractivity contribution in [2.45, 2.75) is 16.7 Å². The van der Waals surface area contributed by atoms with E-state index >= 15 is 0 Å². The van der Waals surface area contributed by atoms with Gasteiger partial charge in [0, 0.05) is 29.8 Å². The molecule has 0 aliphatic heterocycles. The van der Waals surface area contributed by atoms with Crippen molar-refractivity contribution in [3.8, 4) is 0 Å². The first kappa shape index (κ1) is 20.7. The van der Waals surface area contributed by atoms with Gasteiger partial charge in [0.2, 0.25) is 0 Å². The first-order valence-electron chi connectivity index (χ1n) is 8.46. The molecule has 29 heavy (non-hydrogen) atoms. The van der Waals surface area contributed by atoms with Crippen molar-refractivity contribution in [1.29, 1.82) is 0 Å². The molecule has 0 aliphatic rings. The van der Waals surface area contributed by atoms with Crippen LogP contribution in [-0.2, 0) is 19.9 Å². The number of nitrogens with one attached hydrogen (secondary N) is 1. The lowest BCUT2D eigenvalue weighted by Gasteiger charge is -2.13. The maximum atomic E-state index is 12.9. The van der Waals surface area contributed by atoms with E-state index in [0.29, 0.717) is 5.56 Å². The van der Waals surface area contributed by atoms with Crippen LogP contribution in [0.2, 0.25) is 0 Å². The Hall–Kier alpha value is -3.04. The molecule has 1 N–H and O–H groups in total. The minimum Gasteiger partial charge on any atom is -0.288 e. The quantitative estimate of drug-likeness (QED) is 0.602. The molecule has 2 aromatic carbocycles. The summed E-state index contributed by atoms with van der Waals surface area (Å²) in [6.45, 7) is 1.79. The highest BCUT2D eigenvalue weighted by Gasteiger charge is 2.20. The van der Waals surface area contributed by atoms with Crippen LogP contribution in [0.25, 0.3) is 0 Å². The number of hydrogen-bond acceptors (Lipinski definition) is 6. The minimum absolute atomic E-state index is 0.0132. The Morgan fingerprint density at radius 3 is 2.17 bits per heavy atom. The van der Waals surface area contributed by atoms with E-state index in [9.17, 15) is 21.6 Å². The van der Waals surface area contributed by atoms with Crippen LogP contribution in [0, 0.1) is 6.92 Å². The van der Waals surface area contributed by atoms with E-state index < -0.39 is 19.9 Å². The Kier molecular flexibility index (Phi) is 5.54. The summed E-state index contributed by atoms with van der Waals surface area (Å²) in [4.78, 5) is 16.7. The van der Waals surface area contributed by atoms with Crippen LogP contribution in [0.4, 0.5) is 5.69 Å². The molecule has 150 valence electrons. The molecule has 0 saturated heterocycles. The Labute approximate surface area is 169 Å². The average Bonchev–Trinajstić information content (AvgIpc) is 2.69. The van der Waals surface area contributed by atoms with Crippen LogP contribution >= 0.6 is 0 Å². The molecule has 0 radical (unpaired) electrons. The van der Waals surface area contributed by atoms with E-state index in [1.54, 1.807) is 31.2 Å². The third-order valence-electron chi connectivity index (χ3n) is 4.15. The number of sulfonamides is 1. The summed E-state index contributed by atoms with van der Waals surface area (Å²) in [5.74, 6) is -0.369. The van der Waals surface area contributed by atoms with Gasteiger partial charge in [0.25, 0.3) is 10.0 Å². The molecule has 9 heteroatoms. The number of sulfone groups is 1. The molecule has 0 fully saturated rings. The average molecular weight is 431 g/mol. The maximum absolute atomic E-state index is 12.9. The fraction of sp³-hybridized carbons (Fsp3) is 0.100. The van der Waals surface area contributed by atoms with Crippen molar-refractivity contribution in [1.82, 2.24) is 4.98 Å². The minimum atomic E-state index is -4.04. The van der Waals surface area contributed by atoms with Crippen molar-refractivity contribution < 1.29 is 21.6 Å². The third-order valence-corrected chi connectivity index (χ3v) is 6.66. The van der Waals surface area contributed by atoms with Crippen molar-refractivity contribution in [2.75, 3.05) is 11.0 Å². The van der Waals surface area contributed by atoms with Crippen LogP contribution in [0.1, 0.15) is 21.5 Å². The van der Waals surface area contributed by atoms with Gasteiger partial charge in [-0.1, -0.05) is 11.6 Å². The van der Waals surface area contributed by atoms with Crippen LogP contribution < -0.4 is 4.72 Å². The number of pyridine rings is 1. The van der Waals surface area contributed by atoms with Gasteiger partial charge >= 0.3 is 0 Å². The molecule has 3 aromatic rings. The Morgan fingerprint density at radius 2 is 1.59 bits per heavy atom. The first-order chi connectivity index (χ1) is 13.6. The summed E-state index contributed by atoms with van der Waals surface area (Å²) < 4.78 is 51.1. The fourth-order valence-electron chi connectivity index (χ4n) is 2.66. The van der Waals surface area contributed by atoms with Gasteiger partial charge in [-0.3, -0.25) is 14.5 Å². The molecule has 0 atom stereocenters. The van der Waals surface area contributed by atoms with E-state index in [-0.39, 0.29) is 26.8 Å². The van der Waals surface area contributed by atoms with Crippen molar-refractivity contribution >= 4 is 31.3 Å². The summed E-state index contributed by atoms with van der Waals surface area (Å²) in [6, 6.07) is 12.9. The number of aromatic nitrogens is 1. The number of carbonyl (C=O) groups is 1. The molecule has 0 bridgehead atoms. The smallest absolute Gasteiger partial charge is 0.261 e. The number of benzene rings is 2. The monoisotopic (exact) mass is 430 g/mol.